The van der Waals surface area contributed by atoms with Crippen LogP contribution in [-0.4, -0.2) is 10.9 Å². The van der Waals surface area contributed by atoms with Crippen LogP contribution in [0, 0.1) is 11.6 Å². The second-order valence-electron chi connectivity index (χ2n) is 3.63. The molecule has 1 amide bonds. The number of carbonyl (C=O) groups is 1. The van der Waals surface area contributed by atoms with Crippen molar-refractivity contribution in [2.75, 3.05) is 10.7 Å². The van der Waals surface area contributed by atoms with Crippen LogP contribution in [0.4, 0.5) is 20.3 Å². The van der Waals surface area contributed by atoms with Crippen molar-refractivity contribution in [3.63, 3.8) is 0 Å². The summed E-state index contributed by atoms with van der Waals surface area (Å²) >= 11 is 0. The highest BCUT2D eigenvalue weighted by Gasteiger charge is 2.14. The van der Waals surface area contributed by atoms with Crippen molar-refractivity contribution in [2.24, 2.45) is 5.84 Å². The fraction of sp³-hybridized carbons (Fsp3) is 0. The molecule has 1 aromatic heterocycles. The number of anilines is 2. The van der Waals surface area contributed by atoms with Crippen molar-refractivity contribution in [1.82, 2.24) is 4.98 Å². The quantitative estimate of drug-likeness (QED) is 0.584. The molecule has 0 aliphatic heterocycles. The Labute approximate surface area is 107 Å². The summed E-state index contributed by atoms with van der Waals surface area (Å²) in [6, 6.07) is 6.68. The number of nitrogen functional groups attached to an aromatic ring is 1. The number of nitrogens with one attached hydrogen (secondary N) is 2. The number of aromatic nitrogens is 1. The molecule has 0 aliphatic carbocycles. The molecule has 0 aliphatic rings. The van der Waals surface area contributed by atoms with E-state index in [-0.39, 0.29) is 11.4 Å². The minimum Gasteiger partial charge on any atom is -0.319 e. The van der Waals surface area contributed by atoms with E-state index >= 15 is 0 Å². The number of nitrogens with two attached hydrogens (primary N) is 1. The van der Waals surface area contributed by atoms with Crippen LogP contribution in [0.25, 0.3) is 0 Å². The standard InChI is InChI=1S/C12H10F2N4O/c13-8-5-7(6-9(14)11(8)18-15)12(19)17-10-3-1-2-4-16-10/h1-6,18H,15H2,(H,16,17,19). The number of rotatable bonds is 3. The van der Waals surface area contributed by atoms with Crippen LogP contribution >= 0.6 is 0 Å². The molecule has 98 valence electrons. The molecular weight excluding hydrogens is 254 g/mol. The van der Waals surface area contributed by atoms with Gasteiger partial charge >= 0.3 is 0 Å². The summed E-state index contributed by atoms with van der Waals surface area (Å²) in [5, 5.41) is 2.42. The van der Waals surface area contributed by atoms with Crippen LogP contribution in [-0.2, 0) is 0 Å². The van der Waals surface area contributed by atoms with Crippen molar-refractivity contribution in [2.45, 2.75) is 0 Å². The third-order valence-electron chi connectivity index (χ3n) is 2.36. The minimum atomic E-state index is -0.950. The Bertz CT molecular complexity index is 581. The van der Waals surface area contributed by atoms with E-state index in [1.807, 2.05) is 5.43 Å². The zero-order valence-electron chi connectivity index (χ0n) is 9.65. The summed E-state index contributed by atoms with van der Waals surface area (Å²) in [5.74, 6) is 2.68. The van der Waals surface area contributed by atoms with E-state index in [2.05, 4.69) is 10.3 Å². The molecule has 5 nitrogen and oxygen atoms in total. The maximum absolute atomic E-state index is 13.4. The molecule has 0 bridgehead atoms. The SMILES string of the molecule is NNc1c(F)cc(C(=O)Nc2ccccn2)cc1F. The molecule has 0 radical (unpaired) electrons. The number of nitrogens with zero attached hydrogens (tertiary/aromatic N) is 1. The molecule has 1 aromatic carbocycles. The Morgan fingerprint density at radius 1 is 1.21 bits per heavy atom. The highest BCUT2D eigenvalue weighted by molar-refractivity contribution is 6.04. The lowest BCUT2D eigenvalue weighted by molar-refractivity contribution is 0.102. The van der Waals surface area contributed by atoms with Crippen molar-refractivity contribution < 1.29 is 13.6 Å². The highest BCUT2D eigenvalue weighted by atomic mass is 19.1. The predicted molar refractivity (Wildman–Crippen MR) is 66.4 cm³/mol. The monoisotopic (exact) mass is 264 g/mol. The molecular formula is C12H10F2N4O. The summed E-state index contributed by atoms with van der Waals surface area (Å²) in [7, 11) is 0. The summed E-state index contributed by atoms with van der Waals surface area (Å²) in [6.45, 7) is 0. The Hall–Kier alpha value is -2.54. The van der Waals surface area contributed by atoms with Gasteiger partial charge in [-0.3, -0.25) is 10.6 Å². The summed E-state index contributed by atoms with van der Waals surface area (Å²) in [5.41, 5.74) is 1.23. The maximum atomic E-state index is 13.4. The zero-order chi connectivity index (χ0) is 13.8. The topological polar surface area (TPSA) is 80.0 Å². The number of hydrogen-bond donors (Lipinski definition) is 3. The van der Waals surface area contributed by atoms with Crippen molar-refractivity contribution >= 4 is 17.4 Å². The van der Waals surface area contributed by atoms with Gasteiger partial charge in [-0.1, -0.05) is 6.07 Å². The van der Waals surface area contributed by atoms with Gasteiger partial charge in [-0.2, -0.15) is 0 Å². The van der Waals surface area contributed by atoms with Crippen molar-refractivity contribution in [1.29, 1.82) is 0 Å². The second-order valence-corrected chi connectivity index (χ2v) is 3.63. The summed E-state index contributed by atoms with van der Waals surface area (Å²) in [6.07, 6.45) is 1.48. The normalized spacial score (nSPS) is 10.1. The molecule has 0 unspecified atom stereocenters. The number of halogens is 2. The van der Waals surface area contributed by atoms with E-state index in [1.165, 1.54) is 6.20 Å². The van der Waals surface area contributed by atoms with Gasteiger partial charge in [0, 0.05) is 11.8 Å². The first kappa shape index (κ1) is 12.9. The Kier molecular flexibility index (Phi) is 3.67. The molecule has 4 N–H and O–H groups in total. The van der Waals surface area contributed by atoms with E-state index in [0.29, 0.717) is 0 Å². The van der Waals surface area contributed by atoms with Gasteiger partial charge in [0.2, 0.25) is 0 Å². The van der Waals surface area contributed by atoms with Crippen LogP contribution in [0.1, 0.15) is 10.4 Å². The Morgan fingerprint density at radius 3 is 2.42 bits per heavy atom. The van der Waals surface area contributed by atoms with Gasteiger partial charge in [0.05, 0.1) is 0 Å². The van der Waals surface area contributed by atoms with Crippen LogP contribution in [0.3, 0.4) is 0 Å². The van der Waals surface area contributed by atoms with Crippen molar-refractivity contribution in [3.8, 4) is 0 Å². The molecule has 0 fully saturated rings. The molecule has 2 aromatic rings. The lowest BCUT2D eigenvalue weighted by Gasteiger charge is -2.07. The predicted octanol–water partition coefficient (Wildman–Crippen LogP) is 1.90. The van der Waals surface area contributed by atoms with E-state index in [9.17, 15) is 13.6 Å². The Balaban J connectivity index is 2.25. The number of benzene rings is 1. The average Bonchev–Trinajstić information content (AvgIpc) is 2.39. The van der Waals surface area contributed by atoms with Crippen LogP contribution in [0.5, 0.6) is 0 Å². The summed E-state index contributed by atoms with van der Waals surface area (Å²) in [4.78, 5) is 15.7. The number of carbonyl (C=O) groups excluding carboxylic acids is 1. The van der Waals surface area contributed by atoms with Gasteiger partial charge in [-0.15, -0.1) is 0 Å². The first-order valence-electron chi connectivity index (χ1n) is 5.30. The molecule has 1 heterocycles. The maximum Gasteiger partial charge on any atom is 0.257 e. The van der Waals surface area contributed by atoms with Gasteiger partial charge in [-0.25, -0.2) is 13.8 Å². The molecule has 0 saturated carbocycles. The first-order valence-corrected chi connectivity index (χ1v) is 5.30. The van der Waals surface area contributed by atoms with Crippen molar-refractivity contribution in [3.05, 3.63) is 53.7 Å². The lowest BCUT2D eigenvalue weighted by atomic mass is 10.1. The van der Waals surface area contributed by atoms with Crippen LogP contribution in [0.2, 0.25) is 0 Å². The highest BCUT2D eigenvalue weighted by Crippen LogP contribution is 2.20. The fourth-order valence-electron chi connectivity index (χ4n) is 1.47. The first-order chi connectivity index (χ1) is 9.11. The lowest BCUT2D eigenvalue weighted by Crippen LogP contribution is -2.16. The zero-order valence-corrected chi connectivity index (χ0v) is 9.65. The van der Waals surface area contributed by atoms with Gasteiger partial charge in [0.25, 0.3) is 5.91 Å². The van der Waals surface area contributed by atoms with Crippen LogP contribution < -0.4 is 16.6 Å². The molecule has 0 atom stereocenters. The third-order valence-corrected chi connectivity index (χ3v) is 2.36. The third kappa shape index (κ3) is 2.83. The van der Waals surface area contributed by atoms with E-state index in [1.54, 1.807) is 18.2 Å². The average molecular weight is 264 g/mol. The number of hydrazine groups is 1. The minimum absolute atomic E-state index is 0.167. The molecule has 0 spiro atoms. The number of hydrogen-bond acceptors (Lipinski definition) is 4. The fourth-order valence-corrected chi connectivity index (χ4v) is 1.47. The summed E-state index contributed by atoms with van der Waals surface area (Å²) < 4.78 is 26.9. The van der Waals surface area contributed by atoms with E-state index in [4.69, 9.17) is 5.84 Å². The number of pyridine rings is 1. The molecule has 0 saturated heterocycles. The molecule has 7 heteroatoms. The smallest absolute Gasteiger partial charge is 0.257 e. The van der Waals surface area contributed by atoms with E-state index in [0.717, 1.165) is 12.1 Å². The van der Waals surface area contributed by atoms with E-state index < -0.39 is 23.2 Å². The van der Waals surface area contributed by atoms with Crippen LogP contribution in [0.15, 0.2) is 36.5 Å². The van der Waals surface area contributed by atoms with Gasteiger partial charge in [0.1, 0.15) is 11.5 Å². The van der Waals surface area contributed by atoms with Gasteiger partial charge in [0.15, 0.2) is 11.6 Å². The van der Waals surface area contributed by atoms with Gasteiger partial charge in [-0.05, 0) is 24.3 Å². The number of amides is 1. The van der Waals surface area contributed by atoms with Gasteiger partial charge < -0.3 is 10.7 Å². The molecule has 19 heavy (non-hydrogen) atoms. The molecule has 2 rings (SSSR count). The largest absolute Gasteiger partial charge is 0.319 e. The second kappa shape index (κ2) is 5.40. The Morgan fingerprint density at radius 2 is 1.89 bits per heavy atom.